The molecule has 0 atom stereocenters. The molecule has 31 heavy (non-hydrogen) atoms. The molecule has 0 fully saturated rings. The van der Waals surface area contributed by atoms with Gasteiger partial charge in [0.25, 0.3) is 17.7 Å². The first-order valence-corrected chi connectivity index (χ1v) is 9.70. The number of carbonyl (C=O) groups excluding carboxylic acids is 2. The second-order valence-corrected chi connectivity index (χ2v) is 7.14. The molecule has 8 heteroatoms. The molecule has 2 N–H and O–H groups in total. The van der Waals surface area contributed by atoms with Crippen LogP contribution in [0, 0.1) is 0 Å². The minimum Gasteiger partial charge on any atom is -0.459 e. The third kappa shape index (κ3) is 4.69. The molecule has 0 unspecified atom stereocenters. The molecule has 0 saturated carbocycles. The summed E-state index contributed by atoms with van der Waals surface area (Å²) in [5.74, 6) is 0.345. The predicted molar refractivity (Wildman–Crippen MR) is 114 cm³/mol. The normalized spacial score (nSPS) is 10.8. The first-order chi connectivity index (χ1) is 15.0. The van der Waals surface area contributed by atoms with Gasteiger partial charge in [-0.1, -0.05) is 23.4 Å². The number of anilines is 1. The zero-order chi connectivity index (χ0) is 21.8. The van der Waals surface area contributed by atoms with E-state index in [4.69, 9.17) is 8.94 Å². The van der Waals surface area contributed by atoms with Gasteiger partial charge in [-0.3, -0.25) is 9.59 Å². The fourth-order valence-corrected chi connectivity index (χ4v) is 2.93. The molecule has 0 radical (unpaired) electrons. The van der Waals surface area contributed by atoms with Gasteiger partial charge >= 0.3 is 0 Å². The molecule has 8 nitrogen and oxygen atoms in total. The molecule has 4 aromatic rings. The summed E-state index contributed by atoms with van der Waals surface area (Å²) in [4.78, 5) is 28.9. The zero-order valence-electron chi connectivity index (χ0n) is 17.0. The lowest BCUT2D eigenvalue weighted by atomic mass is 10.1. The standard InChI is InChI=1S/C23H20N4O4/c1-14(2)24-21(28)16-7-3-6-15(12-16)20-26-23(31-27-20)17-8-4-9-18(13-17)25-22(29)19-10-5-11-30-19/h3-14H,1-2H3,(H,24,28)(H,25,29). The number of aromatic nitrogens is 2. The Morgan fingerprint density at radius 1 is 0.935 bits per heavy atom. The summed E-state index contributed by atoms with van der Waals surface area (Å²) in [7, 11) is 0. The number of nitrogens with one attached hydrogen (secondary N) is 2. The van der Waals surface area contributed by atoms with E-state index in [9.17, 15) is 9.59 Å². The maximum Gasteiger partial charge on any atom is 0.291 e. The Kier molecular flexibility index (Phi) is 5.61. The lowest BCUT2D eigenvalue weighted by Crippen LogP contribution is -2.30. The molecule has 0 saturated heterocycles. The average Bonchev–Trinajstić information content (AvgIpc) is 3.46. The number of benzene rings is 2. The van der Waals surface area contributed by atoms with E-state index in [1.807, 2.05) is 13.8 Å². The third-order valence-electron chi connectivity index (χ3n) is 4.34. The number of hydrogen-bond acceptors (Lipinski definition) is 6. The van der Waals surface area contributed by atoms with Gasteiger partial charge in [0.05, 0.1) is 6.26 Å². The number of hydrogen-bond donors (Lipinski definition) is 2. The van der Waals surface area contributed by atoms with Gasteiger partial charge in [-0.15, -0.1) is 0 Å². The predicted octanol–water partition coefficient (Wildman–Crippen LogP) is 4.39. The van der Waals surface area contributed by atoms with Crippen molar-refractivity contribution < 1.29 is 18.5 Å². The highest BCUT2D eigenvalue weighted by Crippen LogP contribution is 2.25. The van der Waals surface area contributed by atoms with Crippen molar-refractivity contribution in [1.82, 2.24) is 15.5 Å². The van der Waals surface area contributed by atoms with Crippen molar-refractivity contribution in [2.75, 3.05) is 5.32 Å². The van der Waals surface area contributed by atoms with Crippen molar-refractivity contribution in [2.24, 2.45) is 0 Å². The fourth-order valence-electron chi connectivity index (χ4n) is 2.93. The van der Waals surface area contributed by atoms with Gasteiger partial charge in [0.2, 0.25) is 5.82 Å². The van der Waals surface area contributed by atoms with E-state index < -0.39 is 0 Å². The van der Waals surface area contributed by atoms with E-state index in [0.717, 1.165) is 0 Å². The summed E-state index contributed by atoms with van der Waals surface area (Å²) in [6.45, 7) is 3.80. The summed E-state index contributed by atoms with van der Waals surface area (Å²) >= 11 is 0. The maximum atomic E-state index is 12.3. The van der Waals surface area contributed by atoms with Crippen LogP contribution in [0.25, 0.3) is 22.8 Å². The Labute approximate surface area is 178 Å². The Balaban J connectivity index is 1.54. The van der Waals surface area contributed by atoms with Crippen LogP contribution in [-0.4, -0.2) is 28.0 Å². The topological polar surface area (TPSA) is 110 Å². The number of furan rings is 1. The highest BCUT2D eigenvalue weighted by atomic mass is 16.5. The van der Waals surface area contributed by atoms with Crippen LogP contribution in [-0.2, 0) is 0 Å². The quantitative estimate of drug-likeness (QED) is 0.482. The molecule has 2 aromatic heterocycles. The molecule has 2 heterocycles. The second-order valence-electron chi connectivity index (χ2n) is 7.14. The van der Waals surface area contributed by atoms with Gasteiger partial charge in [0.15, 0.2) is 5.76 Å². The lowest BCUT2D eigenvalue weighted by molar-refractivity contribution is 0.0942. The SMILES string of the molecule is CC(C)NC(=O)c1cccc(-c2noc(-c3cccc(NC(=O)c4ccco4)c3)n2)c1. The number of amides is 2. The summed E-state index contributed by atoms with van der Waals surface area (Å²) in [6.07, 6.45) is 1.44. The number of carbonyl (C=O) groups is 2. The third-order valence-corrected chi connectivity index (χ3v) is 4.34. The smallest absolute Gasteiger partial charge is 0.291 e. The van der Waals surface area contributed by atoms with E-state index in [-0.39, 0.29) is 23.6 Å². The van der Waals surface area contributed by atoms with Crippen molar-refractivity contribution in [3.05, 3.63) is 78.3 Å². The molecular formula is C23H20N4O4. The van der Waals surface area contributed by atoms with E-state index in [0.29, 0.717) is 34.1 Å². The number of rotatable bonds is 6. The van der Waals surface area contributed by atoms with Crippen molar-refractivity contribution >= 4 is 17.5 Å². The highest BCUT2D eigenvalue weighted by molar-refractivity contribution is 6.02. The van der Waals surface area contributed by atoms with Gasteiger partial charge in [-0.2, -0.15) is 4.98 Å². The minimum atomic E-state index is -0.357. The van der Waals surface area contributed by atoms with Gasteiger partial charge in [0, 0.05) is 28.4 Å². The van der Waals surface area contributed by atoms with Crippen LogP contribution in [0.5, 0.6) is 0 Å². The van der Waals surface area contributed by atoms with E-state index in [1.54, 1.807) is 60.7 Å². The molecule has 2 aromatic carbocycles. The summed E-state index contributed by atoms with van der Waals surface area (Å²) in [5, 5.41) is 9.65. The molecule has 156 valence electrons. The summed E-state index contributed by atoms with van der Waals surface area (Å²) in [6, 6.07) is 17.3. The largest absolute Gasteiger partial charge is 0.459 e. The Morgan fingerprint density at radius 3 is 2.52 bits per heavy atom. The minimum absolute atomic E-state index is 0.0356. The van der Waals surface area contributed by atoms with Crippen LogP contribution < -0.4 is 10.6 Å². The van der Waals surface area contributed by atoms with Crippen LogP contribution in [0.3, 0.4) is 0 Å². The van der Waals surface area contributed by atoms with E-state index >= 15 is 0 Å². The van der Waals surface area contributed by atoms with Crippen molar-refractivity contribution in [3.8, 4) is 22.8 Å². The van der Waals surface area contributed by atoms with Crippen LogP contribution in [0.15, 0.2) is 75.9 Å². The summed E-state index contributed by atoms with van der Waals surface area (Å²) < 4.78 is 10.5. The van der Waals surface area contributed by atoms with Crippen LogP contribution in [0.1, 0.15) is 34.8 Å². The van der Waals surface area contributed by atoms with Crippen molar-refractivity contribution in [3.63, 3.8) is 0 Å². The number of nitrogens with zero attached hydrogens (tertiary/aromatic N) is 2. The molecule has 0 spiro atoms. The lowest BCUT2D eigenvalue weighted by Gasteiger charge is -2.08. The Bertz CT molecular complexity index is 1210. The van der Waals surface area contributed by atoms with Crippen molar-refractivity contribution in [1.29, 1.82) is 0 Å². The molecule has 0 aliphatic rings. The molecule has 2 amide bonds. The van der Waals surface area contributed by atoms with E-state index in [2.05, 4.69) is 20.8 Å². The maximum absolute atomic E-state index is 12.3. The molecule has 0 aliphatic heterocycles. The molecule has 0 aliphatic carbocycles. The van der Waals surface area contributed by atoms with Crippen molar-refractivity contribution in [2.45, 2.75) is 19.9 Å². The second kappa shape index (κ2) is 8.66. The Hall–Kier alpha value is -4.20. The first kappa shape index (κ1) is 20.1. The van der Waals surface area contributed by atoms with Gasteiger partial charge in [-0.25, -0.2) is 0 Å². The highest BCUT2D eigenvalue weighted by Gasteiger charge is 2.15. The molecule has 4 rings (SSSR count). The van der Waals surface area contributed by atoms with Gasteiger partial charge < -0.3 is 19.6 Å². The van der Waals surface area contributed by atoms with Crippen LogP contribution in [0.2, 0.25) is 0 Å². The van der Waals surface area contributed by atoms with Crippen LogP contribution >= 0.6 is 0 Å². The molecule has 0 bridgehead atoms. The summed E-state index contributed by atoms with van der Waals surface area (Å²) in [5.41, 5.74) is 2.38. The first-order valence-electron chi connectivity index (χ1n) is 9.70. The van der Waals surface area contributed by atoms with Crippen LogP contribution in [0.4, 0.5) is 5.69 Å². The Morgan fingerprint density at radius 2 is 1.74 bits per heavy atom. The average molecular weight is 416 g/mol. The zero-order valence-corrected chi connectivity index (χ0v) is 17.0. The monoisotopic (exact) mass is 416 g/mol. The fraction of sp³-hybridized carbons (Fsp3) is 0.130. The van der Waals surface area contributed by atoms with Gasteiger partial charge in [-0.05, 0) is 56.3 Å². The molecular weight excluding hydrogens is 396 g/mol. The van der Waals surface area contributed by atoms with Gasteiger partial charge in [0.1, 0.15) is 0 Å². The van der Waals surface area contributed by atoms with E-state index in [1.165, 1.54) is 6.26 Å².